The minimum atomic E-state index is -0.562. The van der Waals surface area contributed by atoms with Crippen molar-refractivity contribution in [2.75, 3.05) is 38.2 Å². The largest absolute Gasteiger partial charge is 0.492 e. The summed E-state index contributed by atoms with van der Waals surface area (Å²) in [4.78, 5) is 14.2. The molecular weight excluding hydrogens is 359 g/mol. The van der Waals surface area contributed by atoms with E-state index in [9.17, 15) is 9.18 Å². The van der Waals surface area contributed by atoms with Gasteiger partial charge in [0.15, 0.2) is 0 Å². The highest BCUT2D eigenvalue weighted by Crippen LogP contribution is 2.32. The SMILES string of the molecule is O=C(c1cc2c(cc1F)OCCN2)N1CC(COc2ccccc2Cl)C1. The second-order valence-corrected chi connectivity index (χ2v) is 6.83. The number of anilines is 1. The van der Waals surface area contributed by atoms with Crippen LogP contribution in [0.15, 0.2) is 36.4 Å². The van der Waals surface area contributed by atoms with E-state index < -0.39 is 5.82 Å². The summed E-state index contributed by atoms with van der Waals surface area (Å²) in [7, 11) is 0. The van der Waals surface area contributed by atoms with Crippen molar-refractivity contribution in [1.82, 2.24) is 4.90 Å². The molecule has 2 aliphatic rings. The summed E-state index contributed by atoms with van der Waals surface area (Å²) < 4.78 is 25.4. The number of likely N-dealkylation sites (tertiary alicyclic amines) is 1. The van der Waals surface area contributed by atoms with Crippen LogP contribution in [0.3, 0.4) is 0 Å². The van der Waals surface area contributed by atoms with Crippen molar-refractivity contribution < 1.29 is 18.7 Å². The smallest absolute Gasteiger partial charge is 0.256 e. The Bertz CT molecular complexity index is 840. The molecule has 0 saturated carbocycles. The minimum Gasteiger partial charge on any atom is -0.492 e. The highest BCUT2D eigenvalue weighted by atomic mass is 35.5. The lowest BCUT2D eigenvalue weighted by Crippen LogP contribution is -2.52. The van der Waals surface area contributed by atoms with E-state index in [1.807, 2.05) is 18.2 Å². The van der Waals surface area contributed by atoms with Crippen molar-refractivity contribution in [3.8, 4) is 11.5 Å². The highest BCUT2D eigenvalue weighted by molar-refractivity contribution is 6.32. The van der Waals surface area contributed by atoms with Crippen molar-refractivity contribution in [3.63, 3.8) is 0 Å². The average Bonchev–Trinajstić information content (AvgIpc) is 2.61. The number of hydrogen-bond acceptors (Lipinski definition) is 4. The second kappa shape index (κ2) is 7.03. The summed E-state index contributed by atoms with van der Waals surface area (Å²) in [5.74, 6) is 0.405. The van der Waals surface area contributed by atoms with Crippen LogP contribution in [0.25, 0.3) is 0 Å². The van der Waals surface area contributed by atoms with Crippen molar-refractivity contribution in [2.45, 2.75) is 0 Å². The predicted molar refractivity (Wildman–Crippen MR) is 96.7 cm³/mol. The van der Waals surface area contributed by atoms with Crippen LogP contribution in [-0.2, 0) is 0 Å². The fraction of sp³-hybridized carbons (Fsp3) is 0.316. The summed E-state index contributed by atoms with van der Waals surface area (Å²) in [6.07, 6.45) is 0. The van der Waals surface area contributed by atoms with E-state index in [1.54, 1.807) is 11.0 Å². The Kier molecular flexibility index (Phi) is 4.59. The second-order valence-electron chi connectivity index (χ2n) is 6.42. The number of nitrogens with zero attached hydrogens (tertiary/aromatic N) is 1. The molecule has 2 aliphatic heterocycles. The quantitative estimate of drug-likeness (QED) is 0.888. The Morgan fingerprint density at radius 1 is 1.35 bits per heavy atom. The van der Waals surface area contributed by atoms with Gasteiger partial charge in [0.1, 0.15) is 23.9 Å². The van der Waals surface area contributed by atoms with E-state index in [1.165, 1.54) is 12.1 Å². The summed E-state index contributed by atoms with van der Waals surface area (Å²) in [6, 6.07) is 10.1. The number of rotatable bonds is 4. The Hall–Kier alpha value is -2.47. The number of ether oxygens (including phenoxy) is 2. The Balaban J connectivity index is 1.35. The number of para-hydroxylation sites is 1. The van der Waals surface area contributed by atoms with Crippen LogP contribution in [0.1, 0.15) is 10.4 Å². The molecular formula is C19H18ClFN2O3. The molecule has 4 rings (SSSR count). The summed E-state index contributed by atoms with van der Waals surface area (Å²) in [6.45, 7) is 2.65. The molecule has 136 valence electrons. The molecule has 1 amide bonds. The van der Waals surface area contributed by atoms with Gasteiger partial charge in [0.05, 0.1) is 22.9 Å². The van der Waals surface area contributed by atoms with Gasteiger partial charge in [-0.15, -0.1) is 0 Å². The third-order valence-corrected chi connectivity index (χ3v) is 4.84. The van der Waals surface area contributed by atoms with Crippen LogP contribution < -0.4 is 14.8 Å². The van der Waals surface area contributed by atoms with Gasteiger partial charge in [-0.05, 0) is 18.2 Å². The third-order valence-electron chi connectivity index (χ3n) is 4.53. The lowest BCUT2D eigenvalue weighted by atomic mass is 9.99. The van der Waals surface area contributed by atoms with Gasteiger partial charge in [-0.3, -0.25) is 4.79 Å². The number of nitrogens with one attached hydrogen (secondary N) is 1. The lowest BCUT2D eigenvalue weighted by Gasteiger charge is -2.39. The van der Waals surface area contributed by atoms with Crippen molar-refractivity contribution in [3.05, 3.63) is 52.8 Å². The zero-order valence-electron chi connectivity index (χ0n) is 14.0. The van der Waals surface area contributed by atoms with Gasteiger partial charge < -0.3 is 19.7 Å². The molecule has 0 aliphatic carbocycles. The topological polar surface area (TPSA) is 50.8 Å². The van der Waals surface area contributed by atoms with Crippen LogP contribution in [0.2, 0.25) is 5.02 Å². The molecule has 5 nitrogen and oxygen atoms in total. The first-order valence-corrected chi connectivity index (χ1v) is 8.86. The fourth-order valence-electron chi connectivity index (χ4n) is 3.10. The van der Waals surface area contributed by atoms with E-state index in [0.717, 1.165) is 0 Å². The number of halogens is 2. The van der Waals surface area contributed by atoms with Crippen molar-refractivity contribution >= 4 is 23.2 Å². The first-order chi connectivity index (χ1) is 12.6. The normalized spacial score (nSPS) is 16.2. The molecule has 1 fully saturated rings. The Morgan fingerprint density at radius 2 is 2.15 bits per heavy atom. The molecule has 0 unspecified atom stereocenters. The van der Waals surface area contributed by atoms with E-state index in [4.69, 9.17) is 21.1 Å². The van der Waals surface area contributed by atoms with Gasteiger partial charge in [-0.1, -0.05) is 23.7 Å². The molecule has 2 aromatic carbocycles. The first-order valence-electron chi connectivity index (χ1n) is 8.48. The van der Waals surface area contributed by atoms with Gasteiger partial charge in [0, 0.05) is 31.6 Å². The summed E-state index contributed by atoms with van der Waals surface area (Å²) in [5.41, 5.74) is 0.715. The van der Waals surface area contributed by atoms with Gasteiger partial charge in [0.25, 0.3) is 5.91 Å². The van der Waals surface area contributed by atoms with Crippen molar-refractivity contribution in [1.29, 1.82) is 0 Å². The molecule has 7 heteroatoms. The zero-order chi connectivity index (χ0) is 18.1. The van der Waals surface area contributed by atoms with Gasteiger partial charge >= 0.3 is 0 Å². The molecule has 1 saturated heterocycles. The number of fused-ring (bicyclic) bond motifs is 1. The number of amides is 1. The van der Waals surface area contributed by atoms with Crippen LogP contribution in [0.4, 0.5) is 10.1 Å². The predicted octanol–water partition coefficient (Wildman–Crippen LogP) is 3.43. The molecule has 0 spiro atoms. The van der Waals surface area contributed by atoms with Crippen LogP contribution in [-0.4, -0.2) is 43.7 Å². The zero-order valence-corrected chi connectivity index (χ0v) is 14.8. The maximum absolute atomic E-state index is 14.3. The standard InChI is InChI=1S/C19H18ClFN2O3/c20-14-3-1-2-4-17(14)26-11-12-9-23(10-12)19(24)13-7-16-18(8-15(13)21)25-6-5-22-16/h1-4,7-8,12,22H,5-6,9-11H2. The van der Waals surface area contributed by atoms with Crippen LogP contribution in [0, 0.1) is 11.7 Å². The van der Waals surface area contributed by atoms with Gasteiger partial charge in [0.2, 0.25) is 0 Å². The molecule has 26 heavy (non-hydrogen) atoms. The van der Waals surface area contributed by atoms with Gasteiger partial charge in [-0.25, -0.2) is 4.39 Å². The molecule has 1 N–H and O–H groups in total. The average molecular weight is 377 g/mol. The number of hydrogen-bond donors (Lipinski definition) is 1. The molecule has 0 atom stereocenters. The highest BCUT2D eigenvalue weighted by Gasteiger charge is 2.33. The Morgan fingerprint density at radius 3 is 2.96 bits per heavy atom. The maximum Gasteiger partial charge on any atom is 0.256 e. The molecule has 0 bridgehead atoms. The number of carbonyl (C=O) groups excluding carboxylic acids is 1. The summed E-state index contributed by atoms with van der Waals surface area (Å²) >= 11 is 6.06. The first kappa shape index (κ1) is 17.0. The number of benzene rings is 2. The van der Waals surface area contributed by atoms with E-state index in [0.29, 0.717) is 55.1 Å². The van der Waals surface area contributed by atoms with Gasteiger partial charge in [-0.2, -0.15) is 0 Å². The molecule has 0 radical (unpaired) electrons. The molecule has 2 aromatic rings. The van der Waals surface area contributed by atoms with Crippen LogP contribution >= 0.6 is 11.6 Å². The molecule has 0 aromatic heterocycles. The van der Waals surface area contributed by atoms with E-state index >= 15 is 0 Å². The van der Waals surface area contributed by atoms with E-state index in [-0.39, 0.29) is 17.4 Å². The van der Waals surface area contributed by atoms with Crippen LogP contribution in [0.5, 0.6) is 11.5 Å². The summed E-state index contributed by atoms with van der Waals surface area (Å²) in [5, 5.41) is 3.68. The third kappa shape index (κ3) is 3.29. The van der Waals surface area contributed by atoms with Crippen molar-refractivity contribution in [2.24, 2.45) is 5.92 Å². The maximum atomic E-state index is 14.3. The molecule has 2 heterocycles. The minimum absolute atomic E-state index is 0.0622. The lowest BCUT2D eigenvalue weighted by molar-refractivity contribution is 0.0389. The van der Waals surface area contributed by atoms with E-state index in [2.05, 4.69) is 5.32 Å². The fourth-order valence-corrected chi connectivity index (χ4v) is 3.29. The monoisotopic (exact) mass is 376 g/mol. The Labute approximate surface area is 155 Å². The number of carbonyl (C=O) groups is 1.